The molecule has 2 aromatic rings. The van der Waals surface area contributed by atoms with Gasteiger partial charge in [0.1, 0.15) is 17.3 Å². The molecular weight excluding hydrogens is 382 g/mol. The van der Waals surface area contributed by atoms with Crippen molar-refractivity contribution >= 4 is 11.7 Å². The summed E-state index contributed by atoms with van der Waals surface area (Å²) in [5.41, 5.74) is 0.268. The molecule has 1 aliphatic rings. The van der Waals surface area contributed by atoms with Crippen LogP contribution in [0.1, 0.15) is 34.7 Å². The number of ether oxygens (including phenoxy) is 1. The van der Waals surface area contributed by atoms with E-state index < -0.39 is 23.8 Å². The summed E-state index contributed by atoms with van der Waals surface area (Å²) in [5.74, 6) is -2.41. The summed E-state index contributed by atoms with van der Waals surface area (Å²) in [7, 11) is 0. The summed E-state index contributed by atoms with van der Waals surface area (Å²) in [4.78, 5) is 32.0. The number of carbonyl (C=O) groups excluding carboxylic acids is 2. The van der Waals surface area contributed by atoms with Gasteiger partial charge in [-0.05, 0) is 36.6 Å². The number of benzene rings is 1. The normalized spacial score (nSPS) is 13.9. The Labute approximate surface area is 156 Å². The SMILES string of the molecule is O=C(NCc1ccc(OC(F)(F)F)c(F)c1)c1ccnc(CC(=O)C2CC2)n1. The Balaban J connectivity index is 1.59. The van der Waals surface area contributed by atoms with Crippen LogP contribution < -0.4 is 10.1 Å². The van der Waals surface area contributed by atoms with E-state index in [1.54, 1.807) is 0 Å². The minimum Gasteiger partial charge on any atom is -0.403 e. The Morgan fingerprint density at radius 3 is 2.61 bits per heavy atom. The van der Waals surface area contributed by atoms with Gasteiger partial charge in [-0.1, -0.05) is 6.07 Å². The molecule has 10 heteroatoms. The highest BCUT2D eigenvalue weighted by molar-refractivity contribution is 5.92. The number of hydrogen-bond donors (Lipinski definition) is 1. The number of halogens is 4. The lowest BCUT2D eigenvalue weighted by molar-refractivity contribution is -0.275. The number of amides is 1. The zero-order valence-electron chi connectivity index (χ0n) is 14.4. The molecule has 1 amide bonds. The van der Waals surface area contributed by atoms with Crippen molar-refractivity contribution in [3.05, 3.63) is 53.4 Å². The van der Waals surface area contributed by atoms with Crippen LogP contribution in [0.4, 0.5) is 17.6 Å². The second-order valence-electron chi connectivity index (χ2n) is 6.27. The van der Waals surface area contributed by atoms with Gasteiger partial charge in [0.05, 0.1) is 6.42 Å². The first-order chi connectivity index (χ1) is 13.2. The molecule has 0 unspecified atom stereocenters. The monoisotopic (exact) mass is 397 g/mol. The first kappa shape index (κ1) is 19.7. The number of Topliss-reactive ketones (excluding diaryl/α,β-unsaturated/α-hetero) is 1. The summed E-state index contributed by atoms with van der Waals surface area (Å²) >= 11 is 0. The Hall–Kier alpha value is -3.04. The van der Waals surface area contributed by atoms with Crippen LogP contribution in [-0.4, -0.2) is 28.0 Å². The highest BCUT2D eigenvalue weighted by Crippen LogP contribution is 2.30. The first-order valence-corrected chi connectivity index (χ1v) is 8.38. The van der Waals surface area contributed by atoms with Crippen molar-refractivity contribution < 1.29 is 31.9 Å². The van der Waals surface area contributed by atoms with Gasteiger partial charge in [0.2, 0.25) is 0 Å². The number of nitrogens with one attached hydrogen (secondary N) is 1. The van der Waals surface area contributed by atoms with Gasteiger partial charge in [-0.3, -0.25) is 9.59 Å². The van der Waals surface area contributed by atoms with Gasteiger partial charge in [0.25, 0.3) is 5.91 Å². The maximum atomic E-state index is 13.7. The molecule has 0 radical (unpaired) electrons. The van der Waals surface area contributed by atoms with Crippen molar-refractivity contribution in [1.82, 2.24) is 15.3 Å². The van der Waals surface area contributed by atoms with E-state index in [0.717, 1.165) is 25.0 Å². The topological polar surface area (TPSA) is 81.2 Å². The number of aromatic nitrogens is 2. The third-order valence-electron chi connectivity index (χ3n) is 3.98. The lowest BCUT2D eigenvalue weighted by Crippen LogP contribution is -2.25. The molecule has 0 bridgehead atoms. The van der Waals surface area contributed by atoms with Crippen molar-refractivity contribution in [2.24, 2.45) is 5.92 Å². The molecule has 1 N–H and O–H groups in total. The van der Waals surface area contributed by atoms with Gasteiger partial charge < -0.3 is 10.1 Å². The fourth-order valence-electron chi connectivity index (χ4n) is 2.45. The van der Waals surface area contributed by atoms with Gasteiger partial charge >= 0.3 is 6.36 Å². The summed E-state index contributed by atoms with van der Waals surface area (Å²) in [6, 6.07) is 4.23. The minimum atomic E-state index is -5.00. The van der Waals surface area contributed by atoms with Crippen molar-refractivity contribution in [2.75, 3.05) is 0 Å². The standard InChI is InChI=1S/C18H15F4N3O3/c19-12-7-10(1-4-15(12)28-18(20,21)22)9-24-17(27)13-5-6-23-16(25-13)8-14(26)11-2-3-11/h1,4-7,11H,2-3,8-9H2,(H,24,27). The number of ketones is 1. The maximum absolute atomic E-state index is 13.7. The zero-order valence-corrected chi connectivity index (χ0v) is 14.4. The van der Waals surface area contributed by atoms with Gasteiger partial charge in [-0.2, -0.15) is 0 Å². The van der Waals surface area contributed by atoms with Crippen LogP contribution in [-0.2, 0) is 17.8 Å². The predicted molar refractivity (Wildman–Crippen MR) is 87.7 cm³/mol. The molecule has 148 valence electrons. The molecule has 28 heavy (non-hydrogen) atoms. The van der Waals surface area contributed by atoms with Crippen molar-refractivity contribution in [3.63, 3.8) is 0 Å². The average molecular weight is 397 g/mol. The lowest BCUT2D eigenvalue weighted by Gasteiger charge is -2.11. The summed E-state index contributed by atoms with van der Waals surface area (Å²) in [5, 5.41) is 2.48. The van der Waals surface area contributed by atoms with Crippen LogP contribution in [0.15, 0.2) is 30.5 Å². The lowest BCUT2D eigenvalue weighted by atomic mass is 10.2. The molecule has 0 saturated heterocycles. The Morgan fingerprint density at radius 2 is 1.96 bits per heavy atom. The largest absolute Gasteiger partial charge is 0.573 e. The van der Waals surface area contributed by atoms with Gasteiger partial charge in [-0.25, -0.2) is 14.4 Å². The molecule has 1 heterocycles. The van der Waals surface area contributed by atoms with E-state index in [1.807, 2.05) is 0 Å². The fourth-order valence-corrected chi connectivity index (χ4v) is 2.45. The number of carbonyl (C=O) groups is 2. The number of alkyl halides is 3. The molecule has 1 saturated carbocycles. The highest BCUT2D eigenvalue weighted by Gasteiger charge is 2.32. The van der Waals surface area contributed by atoms with Crippen LogP contribution in [0.5, 0.6) is 5.75 Å². The number of hydrogen-bond acceptors (Lipinski definition) is 5. The third kappa shape index (κ3) is 5.48. The molecule has 0 atom stereocenters. The van der Waals surface area contributed by atoms with Crippen LogP contribution >= 0.6 is 0 Å². The average Bonchev–Trinajstić information content (AvgIpc) is 3.46. The van der Waals surface area contributed by atoms with E-state index in [9.17, 15) is 27.2 Å². The van der Waals surface area contributed by atoms with Crippen molar-refractivity contribution in [2.45, 2.75) is 32.2 Å². The van der Waals surface area contributed by atoms with E-state index in [1.165, 1.54) is 18.3 Å². The second-order valence-corrected chi connectivity index (χ2v) is 6.27. The van der Waals surface area contributed by atoms with Gasteiger partial charge in [0, 0.05) is 18.7 Å². The van der Waals surface area contributed by atoms with E-state index >= 15 is 0 Å². The number of nitrogens with zero attached hydrogens (tertiary/aromatic N) is 2. The maximum Gasteiger partial charge on any atom is 0.573 e. The van der Waals surface area contributed by atoms with E-state index in [4.69, 9.17) is 0 Å². The summed E-state index contributed by atoms with van der Waals surface area (Å²) in [6.45, 7) is -0.137. The number of rotatable bonds is 7. The molecule has 1 fully saturated rings. The molecule has 6 nitrogen and oxygen atoms in total. The van der Waals surface area contributed by atoms with Crippen LogP contribution in [0.3, 0.4) is 0 Å². The van der Waals surface area contributed by atoms with Gasteiger partial charge in [0.15, 0.2) is 11.6 Å². The Bertz CT molecular complexity index is 898. The van der Waals surface area contributed by atoms with Crippen LogP contribution in [0, 0.1) is 11.7 Å². The molecular formula is C18H15F4N3O3. The molecule has 3 rings (SSSR count). The van der Waals surface area contributed by atoms with Crippen LogP contribution in [0.2, 0.25) is 0 Å². The smallest absolute Gasteiger partial charge is 0.403 e. The molecule has 0 aliphatic heterocycles. The quantitative estimate of drug-likeness (QED) is 0.727. The van der Waals surface area contributed by atoms with Crippen molar-refractivity contribution in [3.8, 4) is 5.75 Å². The molecule has 1 aliphatic carbocycles. The molecule has 0 spiro atoms. The first-order valence-electron chi connectivity index (χ1n) is 8.38. The highest BCUT2D eigenvalue weighted by atomic mass is 19.4. The third-order valence-corrected chi connectivity index (χ3v) is 3.98. The summed E-state index contributed by atoms with van der Waals surface area (Å²) in [6.07, 6.45) is -1.86. The Morgan fingerprint density at radius 1 is 1.21 bits per heavy atom. The second kappa shape index (κ2) is 7.91. The van der Waals surface area contributed by atoms with Crippen molar-refractivity contribution in [1.29, 1.82) is 0 Å². The molecule has 1 aromatic heterocycles. The molecule has 1 aromatic carbocycles. The van der Waals surface area contributed by atoms with E-state index in [2.05, 4.69) is 20.0 Å². The minimum absolute atomic E-state index is 0.0334. The van der Waals surface area contributed by atoms with E-state index in [-0.39, 0.29) is 41.7 Å². The predicted octanol–water partition coefficient (Wildman–Crippen LogP) is 2.97. The summed E-state index contributed by atoms with van der Waals surface area (Å²) < 4.78 is 53.7. The Kier molecular flexibility index (Phi) is 5.57. The zero-order chi connectivity index (χ0) is 20.3. The van der Waals surface area contributed by atoms with E-state index in [0.29, 0.717) is 0 Å². The van der Waals surface area contributed by atoms with Gasteiger partial charge in [-0.15, -0.1) is 13.2 Å². The van der Waals surface area contributed by atoms with Crippen LogP contribution in [0.25, 0.3) is 0 Å². The fraction of sp³-hybridized carbons (Fsp3) is 0.333.